The van der Waals surface area contributed by atoms with E-state index in [4.69, 9.17) is 22.1 Å². The number of amides is 1. The number of Topliss-reactive ketones (excluding diaryl/α,β-unsaturated/α-hetero) is 1. The summed E-state index contributed by atoms with van der Waals surface area (Å²) in [7, 11) is 1.23. The molecule has 2 heterocycles. The summed E-state index contributed by atoms with van der Waals surface area (Å²) in [6, 6.07) is 14.0. The number of nitrogens with one attached hydrogen (secondary N) is 1. The molecule has 1 spiro atoms. The van der Waals surface area contributed by atoms with Crippen LogP contribution in [0.4, 0.5) is 11.4 Å². The molecule has 2 aliphatic heterocycles. The number of hydrogen-bond donors (Lipinski definition) is 2. The summed E-state index contributed by atoms with van der Waals surface area (Å²) < 4.78 is 5.13. The highest BCUT2D eigenvalue weighted by Crippen LogP contribution is 2.57. The molecule has 174 valence electrons. The molecule has 2 aromatic carbocycles. The average Bonchev–Trinajstić information content (AvgIpc) is 3.04. The van der Waals surface area contributed by atoms with Crippen molar-refractivity contribution < 1.29 is 19.1 Å². The first-order valence-corrected chi connectivity index (χ1v) is 11.3. The van der Waals surface area contributed by atoms with E-state index in [1.54, 1.807) is 53.4 Å². The van der Waals surface area contributed by atoms with E-state index in [-0.39, 0.29) is 34.6 Å². The Labute approximate surface area is 202 Å². The summed E-state index contributed by atoms with van der Waals surface area (Å²) in [4.78, 5) is 42.7. The van der Waals surface area contributed by atoms with Gasteiger partial charge in [0.25, 0.3) is 0 Å². The molecular formula is C26H24ClN3O4. The van der Waals surface area contributed by atoms with Gasteiger partial charge in [-0.1, -0.05) is 49.7 Å². The van der Waals surface area contributed by atoms with Gasteiger partial charge in [0.05, 0.1) is 7.11 Å². The second-order valence-electron chi connectivity index (χ2n) is 9.58. The van der Waals surface area contributed by atoms with Gasteiger partial charge in [0, 0.05) is 39.7 Å². The van der Waals surface area contributed by atoms with Crippen molar-refractivity contribution in [2.75, 3.05) is 17.3 Å². The van der Waals surface area contributed by atoms with Crippen LogP contribution in [0.3, 0.4) is 0 Å². The molecule has 7 nitrogen and oxygen atoms in total. The number of carbonyl (C=O) groups excluding carboxylic acids is 3. The Morgan fingerprint density at radius 1 is 1.12 bits per heavy atom. The van der Waals surface area contributed by atoms with Gasteiger partial charge in [-0.25, -0.2) is 4.79 Å². The maximum Gasteiger partial charge on any atom is 0.339 e. The lowest BCUT2D eigenvalue weighted by Crippen LogP contribution is -2.54. The number of fused-ring (bicyclic) bond motifs is 3. The van der Waals surface area contributed by atoms with E-state index in [0.29, 0.717) is 34.1 Å². The van der Waals surface area contributed by atoms with Crippen molar-refractivity contribution in [1.29, 1.82) is 0 Å². The van der Waals surface area contributed by atoms with Crippen molar-refractivity contribution >= 4 is 40.6 Å². The van der Waals surface area contributed by atoms with E-state index in [0.717, 1.165) is 0 Å². The molecule has 0 radical (unpaired) electrons. The summed E-state index contributed by atoms with van der Waals surface area (Å²) in [6.07, 6.45) is 0.688. The molecule has 0 fully saturated rings. The molecule has 1 aliphatic carbocycles. The maximum atomic E-state index is 13.9. The maximum absolute atomic E-state index is 13.9. The van der Waals surface area contributed by atoms with Crippen LogP contribution in [0.2, 0.25) is 5.02 Å². The third-order valence-electron chi connectivity index (χ3n) is 6.75. The molecule has 3 N–H and O–H groups in total. The van der Waals surface area contributed by atoms with Gasteiger partial charge in [0.15, 0.2) is 5.78 Å². The summed E-state index contributed by atoms with van der Waals surface area (Å²) in [6.45, 7) is 3.99. The predicted molar refractivity (Wildman–Crippen MR) is 129 cm³/mol. The molecule has 3 aliphatic rings. The standard InChI is InChI=1S/C26H24ClN3O4/c1-25(2)12-18-20(19(31)13-25)26(16-9-4-5-10-17(16)29-24(26)33)21(23(32)34-3)22(28)30(18)15-8-6-7-14(27)11-15/h4-11H,12-13,28H2,1-3H3,(H,29,33). The van der Waals surface area contributed by atoms with Gasteiger partial charge in [-0.3, -0.25) is 14.5 Å². The minimum atomic E-state index is -1.70. The minimum absolute atomic E-state index is 0.0326. The highest BCUT2D eigenvalue weighted by atomic mass is 35.5. The number of carbonyl (C=O) groups is 3. The van der Waals surface area contributed by atoms with Gasteiger partial charge in [0.1, 0.15) is 16.8 Å². The van der Waals surface area contributed by atoms with Crippen molar-refractivity contribution in [2.45, 2.75) is 32.1 Å². The highest BCUT2D eigenvalue weighted by Gasteiger charge is 2.62. The van der Waals surface area contributed by atoms with E-state index in [1.165, 1.54) is 7.11 Å². The number of rotatable bonds is 2. The number of esters is 1. The minimum Gasteiger partial charge on any atom is -0.466 e. The quantitative estimate of drug-likeness (QED) is 0.633. The smallest absolute Gasteiger partial charge is 0.339 e. The van der Waals surface area contributed by atoms with Gasteiger partial charge < -0.3 is 15.8 Å². The lowest BCUT2D eigenvalue weighted by atomic mass is 9.60. The second-order valence-corrected chi connectivity index (χ2v) is 10.0. The summed E-state index contributed by atoms with van der Waals surface area (Å²) >= 11 is 6.29. The first-order valence-electron chi connectivity index (χ1n) is 10.9. The molecular weight excluding hydrogens is 454 g/mol. The van der Waals surface area contributed by atoms with Crippen molar-refractivity contribution in [1.82, 2.24) is 0 Å². The van der Waals surface area contributed by atoms with Crippen LogP contribution in [0.25, 0.3) is 0 Å². The Bertz CT molecular complexity index is 1340. The Balaban J connectivity index is 1.93. The number of para-hydroxylation sites is 1. The normalized spacial score (nSPS) is 23.1. The van der Waals surface area contributed by atoms with E-state index in [1.807, 2.05) is 13.8 Å². The van der Waals surface area contributed by atoms with Crippen LogP contribution in [0.15, 0.2) is 71.2 Å². The molecule has 1 amide bonds. The number of benzene rings is 2. The zero-order chi connectivity index (χ0) is 24.4. The third kappa shape index (κ3) is 2.93. The first kappa shape index (κ1) is 22.2. The second kappa shape index (κ2) is 7.46. The monoisotopic (exact) mass is 477 g/mol. The molecule has 0 saturated heterocycles. The molecule has 0 aromatic heterocycles. The molecule has 1 unspecified atom stereocenters. The van der Waals surface area contributed by atoms with Crippen molar-refractivity contribution in [3.63, 3.8) is 0 Å². The lowest BCUT2D eigenvalue weighted by Gasteiger charge is -2.47. The number of hydrogen-bond acceptors (Lipinski definition) is 6. The fourth-order valence-corrected chi connectivity index (χ4v) is 5.69. The summed E-state index contributed by atoms with van der Waals surface area (Å²) in [5.74, 6) is -1.45. The van der Waals surface area contributed by atoms with Crippen molar-refractivity contribution in [2.24, 2.45) is 11.1 Å². The van der Waals surface area contributed by atoms with E-state index in [9.17, 15) is 14.4 Å². The van der Waals surface area contributed by atoms with Gasteiger partial charge in [0.2, 0.25) is 5.91 Å². The van der Waals surface area contributed by atoms with Gasteiger partial charge in [-0.05, 0) is 36.1 Å². The van der Waals surface area contributed by atoms with Crippen molar-refractivity contribution in [3.05, 3.63) is 81.8 Å². The lowest BCUT2D eigenvalue weighted by molar-refractivity contribution is -0.138. The Hall–Kier alpha value is -3.58. The van der Waals surface area contributed by atoms with Crippen molar-refractivity contribution in [3.8, 4) is 0 Å². The molecule has 2 aromatic rings. The summed E-state index contributed by atoms with van der Waals surface area (Å²) in [5.41, 5.74) is 7.03. The predicted octanol–water partition coefficient (Wildman–Crippen LogP) is 4.04. The van der Waals surface area contributed by atoms with Crippen LogP contribution in [-0.2, 0) is 24.5 Å². The van der Waals surface area contributed by atoms with E-state index < -0.39 is 17.3 Å². The van der Waals surface area contributed by atoms with E-state index in [2.05, 4.69) is 5.32 Å². The van der Waals surface area contributed by atoms with Crippen LogP contribution >= 0.6 is 11.6 Å². The zero-order valence-corrected chi connectivity index (χ0v) is 19.8. The van der Waals surface area contributed by atoms with Gasteiger partial charge in [-0.15, -0.1) is 0 Å². The average molecular weight is 478 g/mol. The Morgan fingerprint density at radius 3 is 2.56 bits per heavy atom. The Kier molecular flexibility index (Phi) is 4.88. The first-order chi connectivity index (χ1) is 16.1. The third-order valence-corrected chi connectivity index (χ3v) is 6.98. The fraction of sp³-hybridized carbons (Fsp3) is 0.269. The topological polar surface area (TPSA) is 102 Å². The molecule has 1 atom stereocenters. The van der Waals surface area contributed by atoms with Gasteiger partial charge >= 0.3 is 5.97 Å². The van der Waals surface area contributed by atoms with Crippen LogP contribution in [-0.4, -0.2) is 24.8 Å². The number of methoxy groups -OCH3 is 1. The highest BCUT2D eigenvalue weighted by molar-refractivity contribution is 6.31. The van der Waals surface area contributed by atoms with Crippen LogP contribution in [0, 0.1) is 5.41 Å². The fourth-order valence-electron chi connectivity index (χ4n) is 5.50. The number of anilines is 2. The van der Waals surface area contributed by atoms with Crippen LogP contribution in [0.5, 0.6) is 0 Å². The Morgan fingerprint density at radius 2 is 1.85 bits per heavy atom. The number of ketones is 1. The van der Waals surface area contributed by atoms with Gasteiger partial charge in [-0.2, -0.15) is 0 Å². The summed E-state index contributed by atoms with van der Waals surface area (Å²) in [5, 5.41) is 3.33. The number of allylic oxidation sites excluding steroid dienone is 1. The zero-order valence-electron chi connectivity index (χ0n) is 19.1. The molecule has 0 saturated carbocycles. The number of ether oxygens (including phenoxy) is 1. The number of halogens is 1. The van der Waals surface area contributed by atoms with Crippen LogP contribution in [0.1, 0.15) is 32.3 Å². The molecule has 8 heteroatoms. The van der Waals surface area contributed by atoms with E-state index >= 15 is 0 Å². The molecule has 0 bridgehead atoms. The SMILES string of the molecule is COC(=O)C1=C(N)N(c2cccc(Cl)c2)C2=C(C(=O)CC(C)(C)C2)C12C(=O)Nc1ccccc12. The molecule has 5 rings (SSSR count). The molecule has 34 heavy (non-hydrogen) atoms. The van der Waals surface area contributed by atoms with Crippen LogP contribution < -0.4 is 16.0 Å². The largest absolute Gasteiger partial charge is 0.466 e. The number of nitrogens with two attached hydrogens (primary N) is 1. The number of nitrogens with zero attached hydrogens (tertiary/aromatic N) is 1.